The fraction of sp³-hybridized carbons (Fsp3) is 0.250. The van der Waals surface area contributed by atoms with Gasteiger partial charge >= 0.3 is 23.1 Å². The molecule has 0 amide bonds. The van der Waals surface area contributed by atoms with Crippen LogP contribution in [0, 0.1) is 0 Å². The van der Waals surface area contributed by atoms with Crippen molar-refractivity contribution in [2.75, 3.05) is 0 Å². The maximum Gasteiger partial charge on any atom is 2.00 e. The first-order chi connectivity index (χ1) is 9.71. The SMILES string of the molecule is CCc1ccc(OP([O-])Oc2ccc(CC)cc2)cc1.[Cl-].[Mg+2]. The summed E-state index contributed by atoms with van der Waals surface area (Å²) in [5, 5.41) is 0. The molecule has 6 heteroatoms. The quantitative estimate of drug-likeness (QED) is 0.563. The zero-order valence-electron chi connectivity index (χ0n) is 12.8. The van der Waals surface area contributed by atoms with Crippen LogP contribution < -0.4 is 26.3 Å². The molecule has 0 aliphatic heterocycles. The van der Waals surface area contributed by atoms with Gasteiger partial charge in [-0.05, 0) is 48.2 Å². The van der Waals surface area contributed by atoms with Gasteiger partial charge in [0.1, 0.15) is 11.5 Å². The third-order valence-electron chi connectivity index (χ3n) is 3.02. The molecule has 0 heterocycles. The Morgan fingerprint density at radius 1 is 0.773 bits per heavy atom. The van der Waals surface area contributed by atoms with E-state index in [0.29, 0.717) is 11.5 Å². The van der Waals surface area contributed by atoms with Crippen LogP contribution in [0.1, 0.15) is 25.0 Å². The van der Waals surface area contributed by atoms with Gasteiger partial charge in [0.25, 0.3) is 0 Å². The summed E-state index contributed by atoms with van der Waals surface area (Å²) in [6.45, 7) is 4.17. The average molecular weight is 349 g/mol. The number of halogens is 1. The van der Waals surface area contributed by atoms with Crippen molar-refractivity contribution in [1.82, 2.24) is 0 Å². The Labute approximate surface area is 155 Å². The fourth-order valence-electron chi connectivity index (χ4n) is 1.76. The summed E-state index contributed by atoms with van der Waals surface area (Å²) in [6, 6.07) is 15.0. The first-order valence-corrected chi connectivity index (χ1v) is 7.82. The van der Waals surface area contributed by atoms with E-state index in [0.717, 1.165) is 12.8 Å². The molecule has 2 rings (SSSR count). The molecular formula is C16H18ClMgO3P. The van der Waals surface area contributed by atoms with E-state index in [1.807, 2.05) is 24.3 Å². The molecule has 0 atom stereocenters. The number of hydrogen-bond donors (Lipinski definition) is 0. The summed E-state index contributed by atoms with van der Waals surface area (Å²) in [7, 11) is -2.21. The Morgan fingerprint density at radius 3 is 1.36 bits per heavy atom. The largest absolute Gasteiger partial charge is 2.00 e. The normalized spacial score (nSPS) is 9.64. The van der Waals surface area contributed by atoms with Crippen molar-refractivity contribution in [3.63, 3.8) is 0 Å². The van der Waals surface area contributed by atoms with E-state index in [4.69, 9.17) is 9.05 Å². The molecule has 0 bridgehead atoms. The zero-order valence-corrected chi connectivity index (χ0v) is 15.9. The van der Waals surface area contributed by atoms with Gasteiger partial charge in [-0.1, -0.05) is 38.1 Å². The fourth-order valence-corrected chi connectivity index (χ4v) is 2.39. The molecule has 114 valence electrons. The Hall–Kier alpha value is -0.514. The van der Waals surface area contributed by atoms with Gasteiger partial charge in [-0.2, -0.15) is 0 Å². The van der Waals surface area contributed by atoms with Crippen molar-refractivity contribution in [3.8, 4) is 11.5 Å². The molecule has 0 radical (unpaired) electrons. The van der Waals surface area contributed by atoms with Gasteiger partial charge < -0.3 is 26.3 Å². The van der Waals surface area contributed by atoms with Crippen molar-refractivity contribution in [3.05, 3.63) is 59.7 Å². The van der Waals surface area contributed by atoms with Crippen LogP contribution in [0.4, 0.5) is 0 Å². The van der Waals surface area contributed by atoms with Crippen molar-refractivity contribution in [1.29, 1.82) is 0 Å². The minimum atomic E-state index is -2.21. The van der Waals surface area contributed by atoms with E-state index in [2.05, 4.69) is 13.8 Å². The molecule has 0 fully saturated rings. The molecular weight excluding hydrogens is 331 g/mol. The number of hydrogen-bond acceptors (Lipinski definition) is 3. The summed E-state index contributed by atoms with van der Waals surface area (Å²) in [6.07, 6.45) is 1.93. The van der Waals surface area contributed by atoms with Gasteiger partial charge in [0.05, 0.1) is 0 Å². The third-order valence-corrected chi connectivity index (χ3v) is 3.74. The molecule has 0 unspecified atom stereocenters. The molecule has 22 heavy (non-hydrogen) atoms. The molecule has 0 N–H and O–H groups in total. The Bertz CT molecular complexity index is 485. The van der Waals surface area contributed by atoms with Crippen LogP contribution in [0.2, 0.25) is 0 Å². The average Bonchev–Trinajstić information content (AvgIpc) is 2.49. The molecule has 0 aliphatic rings. The Morgan fingerprint density at radius 2 is 1.09 bits per heavy atom. The molecule has 2 aromatic rings. The molecule has 0 saturated carbocycles. The standard InChI is InChI=1S/C16H18O3P.ClH.Mg/c1-3-13-5-9-15(10-6-13)18-20(17)19-16-11-7-14(4-2)8-12-16;;/h5-12H,3-4H2,1-2H3;1H;/q-1;;+2/p-1. The second-order valence-corrected chi connectivity index (χ2v) is 5.21. The van der Waals surface area contributed by atoms with Crippen molar-refractivity contribution >= 4 is 31.7 Å². The van der Waals surface area contributed by atoms with Crippen molar-refractivity contribution < 1.29 is 26.3 Å². The summed E-state index contributed by atoms with van der Waals surface area (Å²) in [4.78, 5) is 11.8. The van der Waals surface area contributed by atoms with Crippen LogP contribution in [-0.2, 0) is 12.8 Å². The van der Waals surface area contributed by atoms with Gasteiger partial charge in [-0.15, -0.1) is 0 Å². The summed E-state index contributed by atoms with van der Waals surface area (Å²) >= 11 is 0. The van der Waals surface area contributed by atoms with Crippen LogP contribution >= 0.6 is 8.60 Å². The van der Waals surface area contributed by atoms with E-state index in [-0.39, 0.29) is 35.5 Å². The summed E-state index contributed by atoms with van der Waals surface area (Å²) in [5.74, 6) is 1.10. The molecule has 0 aromatic heterocycles. The monoisotopic (exact) mass is 348 g/mol. The molecule has 2 aromatic carbocycles. The van der Waals surface area contributed by atoms with Crippen molar-refractivity contribution in [2.45, 2.75) is 26.7 Å². The van der Waals surface area contributed by atoms with Gasteiger partial charge in [-0.25, -0.2) is 0 Å². The number of benzene rings is 2. The summed E-state index contributed by atoms with van der Waals surface area (Å²) < 4.78 is 10.5. The predicted octanol–water partition coefficient (Wildman–Crippen LogP) is 0.480. The predicted molar refractivity (Wildman–Crippen MR) is 85.6 cm³/mol. The van der Waals surface area contributed by atoms with Gasteiger partial charge in [-0.3, -0.25) is 0 Å². The van der Waals surface area contributed by atoms with Crippen LogP contribution in [0.3, 0.4) is 0 Å². The maximum atomic E-state index is 11.8. The number of rotatable bonds is 6. The second-order valence-electron chi connectivity index (χ2n) is 4.40. The third kappa shape index (κ3) is 6.72. The molecule has 3 nitrogen and oxygen atoms in total. The van der Waals surface area contributed by atoms with E-state index in [1.165, 1.54) is 11.1 Å². The molecule has 0 spiro atoms. The van der Waals surface area contributed by atoms with E-state index in [1.54, 1.807) is 24.3 Å². The zero-order chi connectivity index (χ0) is 14.4. The smallest absolute Gasteiger partial charge is 1.00 e. The van der Waals surface area contributed by atoms with Crippen LogP contribution in [0.5, 0.6) is 11.5 Å². The Balaban J connectivity index is 0.00000220. The van der Waals surface area contributed by atoms with Crippen LogP contribution in [-0.4, -0.2) is 23.1 Å². The second kappa shape index (κ2) is 11.1. The van der Waals surface area contributed by atoms with Gasteiger partial charge in [0.2, 0.25) is 8.60 Å². The van der Waals surface area contributed by atoms with E-state index < -0.39 is 8.60 Å². The van der Waals surface area contributed by atoms with E-state index in [9.17, 15) is 4.89 Å². The molecule has 0 aliphatic carbocycles. The van der Waals surface area contributed by atoms with E-state index >= 15 is 0 Å². The first kappa shape index (κ1) is 21.5. The number of aryl methyl sites for hydroxylation is 2. The van der Waals surface area contributed by atoms with Gasteiger partial charge in [0, 0.05) is 0 Å². The summed E-state index contributed by atoms with van der Waals surface area (Å²) in [5.41, 5.74) is 2.42. The minimum absolute atomic E-state index is 0. The molecule has 0 saturated heterocycles. The first-order valence-electron chi connectivity index (χ1n) is 6.72. The van der Waals surface area contributed by atoms with Crippen molar-refractivity contribution in [2.24, 2.45) is 0 Å². The minimum Gasteiger partial charge on any atom is -1.00 e. The van der Waals surface area contributed by atoms with Crippen LogP contribution in [0.25, 0.3) is 0 Å². The topological polar surface area (TPSA) is 41.5 Å². The van der Waals surface area contributed by atoms with Gasteiger partial charge in [0.15, 0.2) is 0 Å². The maximum absolute atomic E-state index is 11.8. The Kier molecular flexibility index (Phi) is 10.8. The van der Waals surface area contributed by atoms with Crippen LogP contribution in [0.15, 0.2) is 48.5 Å².